The van der Waals surface area contributed by atoms with Crippen LogP contribution in [0.2, 0.25) is 0 Å². The quantitative estimate of drug-likeness (QED) is 0.443. The predicted molar refractivity (Wildman–Crippen MR) is 83.3 cm³/mol. The Morgan fingerprint density at radius 1 is 1.29 bits per heavy atom. The number of likely N-dealkylation sites (tertiary alicyclic amines) is 1. The number of amides is 1. The Hall–Kier alpha value is -1.30. The van der Waals surface area contributed by atoms with Gasteiger partial charge in [0.25, 0.3) is 0 Å². The highest BCUT2D eigenvalue weighted by Crippen LogP contribution is 2.45. The summed E-state index contributed by atoms with van der Waals surface area (Å²) in [6, 6.07) is 0. The summed E-state index contributed by atoms with van der Waals surface area (Å²) in [7, 11) is 3.41. The highest BCUT2D eigenvalue weighted by Gasteiger charge is 2.41. The van der Waals surface area contributed by atoms with E-state index in [0.717, 1.165) is 19.0 Å². The average molecular weight is 296 g/mol. The first-order chi connectivity index (χ1) is 10.2. The molecule has 2 rings (SSSR count). The molecule has 6 heteroatoms. The lowest BCUT2D eigenvalue weighted by atomic mass is 9.86. The van der Waals surface area contributed by atoms with E-state index in [1.54, 1.807) is 14.2 Å². The van der Waals surface area contributed by atoms with Crippen LogP contribution in [0.3, 0.4) is 0 Å². The SMILES string of the molecule is CN=C(NCC(=O)NCCOC)N1CCC2(CCCC2)C1. The average Bonchev–Trinajstić information content (AvgIpc) is 3.11. The van der Waals surface area contributed by atoms with Crippen molar-refractivity contribution in [1.82, 2.24) is 15.5 Å². The fraction of sp³-hybridized carbons (Fsp3) is 0.867. The summed E-state index contributed by atoms with van der Waals surface area (Å²) in [5.41, 5.74) is 0.512. The van der Waals surface area contributed by atoms with Gasteiger partial charge in [-0.25, -0.2) is 0 Å². The normalized spacial score (nSPS) is 21.0. The Labute approximate surface area is 127 Å². The Balaban J connectivity index is 1.75. The lowest BCUT2D eigenvalue weighted by Gasteiger charge is -2.25. The van der Waals surface area contributed by atoms with Crippen molar-refractivity contribution in [1.29, 1.82) is 0 Å². The minimum absolute atomic E-state index is 0.0250. The van der Waals surface area contributed by atoms with Gasteiger partial charge < -0.3 is 20.3 Å². The van der Waals surface area contributed by atoms with Gasteiger partial charge in [0.05, 0.1) is 13.2 Å². The number of carbonyl (C=O) groups excluding carboxylic acids is 1. The van der Waals surface area contributed by atoms with Gasteiger partial charge in [-0.05, 0) is 24.7 Å². The van der Waals surface area contributed by atoms with E-state index >= 15 is 0 Å². The summed E-state index contributed by atoms with van der Waals surface area (Å²) in [6.07, 6.45) is 6.67. The molecule has 21 heavy (non-hydrogen) atoms. The monoisotopic (exact) mass is 296 g/mol. The van der Waals surface area contributed by atoms with Crippen LogP contribution < -0.4 is 10.6 Å². The molecule has 1 spiro atoms. The second-order valence-electron chi connectivity index (χ2n) is 6.12. The van der Waals surface area contributed by atoms with E-state index in [1.807, 2.05) is 0 Å². The summed E-state index contributed by atoms with van der Waals surface area (Å²) in [4.78, 5) is 18.3. The van der Waals surface area contributed by atoms with Crippen molar-refractivity contribution in [2.24, 2.45) is 10.4 Å². The Kier molecular flexibility index (Phi) is 5.85. The molecule has 0 bridgehead atoms. The number of hydrogen-bond acceptors (Lipinski definition) is 3. The molecule has 0 unspecified atom stereocenters. The van der Waals surface area contributed by atoms with Gasteiger partial charge in [0.15, 0.2) is 5.96 Å². The van der Waals surface area contributed by atoms with Crippen molar-refractivity contribution in [2.45, 2.75) is 32.1 Å². The molecule has 0 radical (unpaired) electrons. The van der Waals surface area contributed by atoms with Crippen LogP contribution >= 0.6 is 0 Å². The maximum atomic E-state index is 11.7. The zero-order valence-electron chi connectivity index (χ0n) is 13.3. The van der Waals surface area contributed by atoms with Crippen LogP contribution in [0, 0.1) is 5.41 Å². The van der Waals surface area contributed by atoms with Gasteiger partial charge in [-0.15, -0.1) is 0 Å². The molecular weight excluding hydrogens is 268 g/mol. The Morgan fingerprint density at radius 3 is 2.71 bits per heavy atom. The standard InChI is InChI=1S/C15H28N4O2/c1-16-14(18-11-13(20)17-8-10-21-2)19-9-7-15(12-19)5-3-4-6-15/h3-12H2,1-2H3,(H,16,18)(H,17,20). The molecule has 0 aromatic carbocycles. The van der Waals surface area contributed by atoms with Crippen molar-refractivity contribution < 1.29 is 9.53 Å². The number of nitrogens with one attached hydrogen (secondary N) is 2. The second-order valence-corrected chi connectivity index (χ2v) is 6.12. The van der Waals surface area contributed by atoms with E-state index in [1.165, 1.54) is 32.1 Å². The van der Waals surface area contributed by atoms with E-state index < -0.39 is 0 Å². The topological polar surface area (TPSA) is 66.0 Å². The van der Waals surface area contributed by atoms with Crippen molar-refractivity contribution in [2.75, 3.05) is 46.9 Å². The summed E-state index contributed by atoms with van der Waals surface area (Å²) < 4.78 is 4.91. The summed E-state index contributed by atoms with van der Waals surface area (Å²) in [5, 5.41) is 5.97. The Bertz CT molecular complexity index is 378. The van der Waals surface area contributed by atoms with Crippen LogP contribution in [0.1, 0.15) is 32.1 Å². The van der Waals surface area contributed by atoms with Crippen LogP contribution in [0.5, 0.6) is 0 Å². The third-order valence-electron chi connectivity index (χ3n) is 4.65. The first-order valence-electron chi connectivity index (χ1n) is 7.90. The zero-order valence-corrected chi connectivity index (χ0v) is 13.3. The number of methoxy groups -OCH3 is 1. The minimum Gasteiger partial charge on any atom is -0.383 e. The van der Waals surface area contributed by atoms with E-state index in [-0.39, 0.29) is 12.5 Å². The molecule has 0 atom stereocenters. The number of ether oxygens (including phenoxy) is 1. The van der Waals surface area contributed by atoms with E-state index in [9.17, 15) is 4.79 Å². The number of hydrogen-bond donors (Lipinski definition) is 2. The number of aliphatic imine (C=N–C) groups is 1. The van der Waals surface area contributed by atoms with Gasteiger partial charge in [0, 0.05) is 33.8 Å². The zero-order chi connectivity index (χ0) is 15.1. The van der Waals surface area contributed by atoms with Gasteiger partial charge in [0.1, 0.15) is 0 Å². The molecule has 6 nitrogen and oxygen atoms in total. The number of guanidine groups is 1. The van der Waals surface area contributed by atoms with E-state index in [4.69, 9.17) is 4.74 Å². The molecule has 0 aromatic rings. The van der Waals surface area contributed by atoms with E-state index in [2.05, 4.69) is 20.5 Å². The van der Waals surface area contributed by atoms with Gasteiger partial charge in [-0.2, -0.15) is 0 Å². The second kappa shape index (κ2) is 7.64. The van der Waals surface area contributed by atoms with Crippen LogP contribution in [-0.4, -0.2) is 63.7 Å². The fourth-order valence-electron chi connectivity index (χ4n) is 3.50. The van der Waals surface area contributed by atoms with Gasteiger partial charge in [-0.1, -0.05) is 12.8 Å². The summed E-state index contributed by atoms with van der Waals surface area (Å²) >= 11 is 0. The van der Waals surface area contributed by atoms with Crippen LogP contribution in [0.15, 0.2) is 4.99 Å². The van der Waals surface area contributed by atoms with E-state index in [0.29, 0.717) is 18.6 Å². The lowest BCUT2D eigenvalue weighted by Crippen LogP contribution is -2.45. The Morgan fingerprint density at radius 2 is 2.05 bits per heavy atom. The molecule has 120 valence electrons. The maximum absolute atomic E-state index is 11.7. The predicted octanol–water partition coefficient (Wildman–Crippen LogP) is 0.591. The maximum Gasteiger partial charge on any atom is 0.239 e. The van der Waals surface area contributed by atoms with Crippen LogP contribution in [-0.2, 0) is 9.53 Å². The van der Waals surface area contributed by atoms with Crippen molar-refractivity contribution in [3.8, 4) is 0 Å². The molecule has 1 saturated heterocycles. The van der Waals surface area contributed by atoms with Crippen molar-refractivity contribution in [3.63, 3.8) is 0 Å². The molecule has 2 aliphatic rings. The van der Waals surface area contributed by atoms with Gasteiger partial charge in [-0.3, -0.25) is 9.79 Å². The summed E-state index contributed by atoms with van der Waals surface area (Å²) in [6.45, 7) is 3.47. The number of nitrogens with zero attached hydrogens (tertiary/aromatic N) is 2. The lowest BCUT2D eigenvalue weighted by molar-refractivity contribution is -0.120. The molecule has 1 aliphatic heterocycles. The smallest absolute Gasteiger partial charge is 0.239 e. The molecular formula is C15H28N4O2. The number of rotatable bonds is 5. The number of carbonyl (C=O) groups is 1. The minimum atomic E-state index is -0.0250. The highest BCUT2D eigenvalue weighted by molar-refractivity contribution is 5.86. The van der Waals surface area contributed by atoms with Crippen molar-refractivity contribution in [3.05, 3.63) is 0 Å². The molecule has 2 N–H and O–H groups in total. The molecule has 1 saturated carbocycles. The van der Waals surface area contributed by atoms with Crippen LogP contribution in [0.4, 0.5) is 0 Å². The molecule has 1 aliphatic carbocycles. The van der Waals surface area contributed by atoms with Crippen LogP contribution in [0.25, 0.3) is 0 Å². The van der Waals surface area contributed by atoms with Gasteiger partial charge in [0.2, 0.25) is 5.91 Å². The third-order valence-corrected chi connectivity index (χ3v) is 4.65. The molecule has 1 heterocycles. The molecule has 1 amide bonds. The van der Waals surface area contributed by atoms with Gasteiger partial charge >= 0.3 is 0 Å². The molecule has 0 aromatic heterocycles. The van der Waals surface area contributed by atoms with Crippen molar-refractivity contribution >= 4 is 11.9 Å². The fourth-order valence-corrected chi connectivity index (χ4v) is 3.50. The first kappa shape index (κ1) is 16.1. The highest BCUT2D eigenvalue weighted by atomic mass is 16.5. The summed E-state index contributed by atoms with van der Waals surface area (Å²) in [5.74, 6) is 0.823. The first-order valence-corrected chi connectivity index (χ1v) is 7.90. The molecule has 2 fully saturated rings. The largest absolute Gasteiger partial charge is 0.383 e. The third kappa shape index (κ3) is 4.33.